The predicted octanol–water partition coefficient (Wildman–Crippen LogP) is 3.71. The average molecular weight is 537 g/mol. The molecule has 1 saturated heterocycles. The van der Waals surface area contributed by atoms with E-state index >= 15 is 0 Å². The second-order valence-electron chi connectivity index (χ2n) is 8.77. The minimum Gasteiger partial charge on any atom is -0.486 e. The van der Waals surface area contributed by atoms with Gasteiger partial charge in [0.15, 0.2) is 0 Å². The lowest BCUT2D eigenvalue weighted by Crippen LogP contribution is -2.50. The fourth-order valence-corrected chi connectivity index (χ4v) is 5.20. The molecule has 3 rings (SSSR count). The van der Waals surface area contributed by atoms with Gasteiger partial charge in [0.25, 0.3) is 0 Å². The Hall–Kier alpha value is -2.31. The van der Waals surface area contributed by atoms with Gasteiger partial charge in [-0.3, -0.25) is 4.79 Å². The molecule has 1 aromatic carbocycles. The van der Waals surface area contributed by atoms with E-state index in [4.69, 9.17) is 16.3 Å². The van der Waals surface area contributed by atoms with Gasteiger partial charge in [-0.2, -0.15) is 27.3 Å². The van der Waals surface area contributed by atoms with Crippen LogP contribution in [0.2, 0.25) is 5.02 Å². The summed E-state index contributed by atoms with van der Waals surface area (Å²) < 4.78 is 71.5. The summed E-state index contributed by atoms with van der Waals surface area (Å²) in [6, 6.07) is 6.41. The maximum Gasteiger partial charge on any atom is 0.389 e. The molecule has 13 heteroatoms. The van der Waals surface area contributed by atoms with E-state index in [1.54, 1.807) is 36.9 Å². The molecule has 0 saturated carbocycles. The fraction of sp³-hybridized carbons (Fsp3) is 0.545. The highest BCUT2D eigenvalue weighted by atomic mass is 35.5. The molecule has 0 amide bonds. The average Bonchev–Trinajstić information content (AvgIpc) is 2.77. The molecule has 1 aromatic heterocycles. The predicted molar refractivity (Wildman–Crippen MR) is 128 cm³/mol. The van der Waals surface area contributed by atoms with Crippen molar-refractivity contribution in [2.75, 3.05) is 37.7 Å². The molecule has 1 unspecified atom stereocenters. The van der Waals surface area contributed by atoms with Gasteiger partial charge in [0.2, 0.25) is 15.8 Å². The number of rotatable bonds is 8. The zero-order valence-corrected chi connectivity index (χ0v) is 21.2. The van der Waals surface area contributed by atoms with Gasteiger partial charge in [-0.1, -0.05) is 24.6 Å². The molecule has 0 bridgehead atoms. The number of sulfonamides is 1. The van der Waals surface area contributed by atoms with E-state index in [2.05, 4.69) is 5.10 Å². The molecule has 0 radical (unpaired) electrons. The minimum absolute atomic E-state index is 0.144. The molecule has 194 valence electrons. The summed E-state index contributed by atoms with van der Waals surface area (Å²) in [5.41, 5.74) is 0.0189. The van der Waals surface area contributed by atoms with Crippen molar-refractivity contribution in [3.05, 3.63) is 45.8 Å². The third kappa shape index (κ3) is 6.68. The van der Waals surface area contributed by atoms with Crippen molar-refractivity contribution in [3.8, 4) is 11.4 Å². The van der Waals surface area contributed by atoms with Crippen LogP contribution in [0.3, 0.4) is 0 Å². The summed E-state index contributed by atoms with van der Waals surface area (Å²) in [6.45, 7) is 5.20. The number of nitrogens with zero attached hydrogens (tertiary/aromatic N) is 4. The van der Waals surface area contributed by atoms with Crippen LogP contribution in [0.15, 0.2) is 35.3 Å². The van der Waals surface area contributed by atoms with Gasteiger partial charge in [0.1, 0.15) is 5.69 Å². The standard InChI is InChI=1S/C22H28ClF3N4O4S/c1-15(2)35(32,33)29-9-7-28(8-10-29)19-13-27-30(18-6-4-5-17(23)11-18)21(31)20(19)34-14-16(3)12-22(24,25)26/h4-6,11,13,15-16H,7-10,12,14H2,1-3H3. The molecule has 8 nitrogen and oxygen atoms in total. The van der Waals surface area contributed by atoms with E-state index < -0.39 is 39.3 Å². The quantitative estimate of drug-likeness (QED) is 0.511. The van der Waals surface area contributed by atoms with Crippen LogP contribution in [0.1, 0.15) is 27.2 Å². The molecule has 0 spiro atoms. The van der Waals surface area contributed by atoms with Crippen molar-refractivity contribution in [3.63, 3.8) is 0 Å². The van der Waals surface area contributed by atoms with E-state index in [0.717, 1.165) is 4.68 Å². The monoisotopic (exact) mass is 536 g/mol. The molecule has 35 heavy (non-hydrogen) atoms. The molecular formula is C22H28ClF3N4O4S. The van der Waals surface area contributed by atoms with Gasteiger partial charge in [-0.15, -0.1) is 0 Å². The van der Waals surface area contributed by atoms with E-state index in [9.17, 15) is 26.4 Å². The maximum atomic E-state index is 13.3. The largest absolute Gasteiger partial charge is 0.486 e. The molecule has 1 atom stereocenters. The summed E-state index contributed by atoms with van der Waals surface area (Å²) in [5.74, 6) is -1.03. The van der Waals surface area contributed by atoms with Crippen LogP contribution >= 0.6 is 11.6 Å². The highest BCUT2D eigenvalue weighted by Gasteiger charge is 2.32. The molecular weight excluding hydrogens is 509 g/mol. The van der Waals surface area contributed by atoms with Gasteiger partial charge in [-0.05, 0) is 38.0 Å². The van der Waals surface area contributed by atoms with E-state index in [1.165, 1.54) is 23.5 Å². The van der Waals surface area contributed by atoms with E-state index in [0.29, 0.717) is 16.4 Å². The number of halogens is 4. The number of benzene rings is 1. The number of hydrogen-bond donors (Lipinski definition) is 0. The first-order valence-corrected chi connectivity index (χ1v) is 13.0. The smallest absolute Gasteiger partial charge is 0.389 e. The Kier molecular flexibility index (Phi) is 8.38. The van der Waals surface area contributed by atoms with Crippen molar-refractivity contribution in [1.82, 2.24) is 14.1 Å². The number of ether oxygens (including phenoxy) is 1. The van der Waals surface area contributed by atoms with Crippen molar-refractivity contribution in [2.24, 2.45) is 5.92 Å². The molecule has 1 aliphatic heterocycles. The van der Waals surface area contributed by atoms with Crippen LogP contribution in [0, 0.1) is 5.92 Å². The van der Waals surface area contributed by atoms with Crippen molar-refractivity contribution in [1.29, 1.82) is 0 Å². The normalized spacial score (nSPS) is 16.5. The van der Waals surface area contributed by atoms with Crippen LogP contribution in [-0.4, -0.2) is 66.7 Å². The van der Waals surface area contributed by atoms with Crippen LogP contribution < -0.4 is 15.2 Å². The molecule has 1 aliphatic rings. The summed E-state index contributed by atoms with van der Waals surface area (Å²) in [4.78, 5) is 15.1. The topological polar surface area (TPSA) is 84.7 Å². The number of aromatic nitrogens is 2. The fourth-order valence-electron chi connectivity index (χ4n) is 3.74. The maximum absolute atomic E-state index is 13.3. The van der Waals surface area contributed by atoms with Crippen molar-refractivity contribution in [2.45, 2.75) is 38.6 Å². The molecule has 2 heterocycles. The lowest BCUT2D eigenvalue weighted by atomic mass is 10.1. The minimum atomic E-state index is -4.36. The van der Waals surface area contributed by atoms with Gasteiger partial charge in [0, 0.05) is 37.6 Å². The van der Waals surface area contributed by atoms with Crippen LogP contribution in [-0.2, 0) is 10.0 Å². The highest BCUT2D eigenvalue weighted by Crippen LogP contribution is 2.29. The number of alkyl halides is 3. The third-order valence-electron chi connectivity index (χ3n) is 5.59. The summed E-state index contributed by atoms with van der Waals surface area (Å²) in [5, 5.41) is 4.04. The van der Waals surface area contributed by atoms with Gasteiger partial charge < -0.3 is 9.64 Å². The first-order valence-electron chi connectivity index (χ1n) is 11.1. The lowest BCUT2D eigenvalue weighted by molar-refractivity contribution is -0.145. The second kappa shape index (κ2) is 10.8. The van der Waals surface area contributed by atoms with Gasteiger partial charge in [0.05, 0.1) is 23.7 Å². The van der Waals surface area contributed by atoms with E-state index in [1.807, 2.05) is 0 Å². The van der Waals surface area contributed by atoms with Crippen molar-refractivity contribution < 1.29 is 26.3 Å². The van der Waals surface area contributed by atoms with Crippen LogP contribution in [0.25, 0.3) is 5.69 Å². The number of piperazine rings is 1. The first-order chi connectivity index (χ1) is 16.3. The Bertz CT molecular complexity index is 1200. The SMILES string of the molecule is CC(COc1c(N2CCN(S(=O)(=O)C(C)C)CC2)cnn(-c2cccc(Cl)c2)c1=O)CC(F)(F)F. The van der Waals surface area contributed by atoms with E-state index in [-0.39, 0.29) is 38.5 Å². The molecule has 0 N–H and O–H groups in total. The Morgan fingerprint density at radius 1 is 1.14 bits per heavy atom. The van der Waals surface area contributed by atoms with Gasteiger partial charge in [-0.25, -0.2) is 8.42 Å². The zero-order chi connectivity index (χ0) is 26.0. The Morgan fingerprint density at radius 2 is 1.80 bits per heavy atom. The van der Waals surface area contributed by atoms with Crippen LogP contribution in [0.5, 0.6) is 5.75 Å². The Morgan fingerprint density at radius 3 is 2.37 bits per heavy atom. The highest BCUT2D eigenvalue weighted by molar-refractivity contribution is 7.89. The Balaban J connectivity index is 1.92. The number of hydrogen-bond acceptors (Lipinski definition) is 6. The third-order valence-corrected chi connectivity index (χ3v) is 8.11. The number of anilines is 1. The summed E-state index contributed by atoms with van der Waals surface area (Å²) in [6.07, 6.45) is -4.01. The van der Waals surface area contributed by atoms with Gasteiger partial charge >= 0.3 is 11.7 Å². The summed E-state index contributed by atoms with van der Waals surface area (Å²) >= 11 is 6.03. The second-order valence-corrected chi connectivity index (χ2v) is 11.7. The first kappa shape index (κ1) is 27.3. The van der Waals surface area contributed by atoms with Crippen molar-refractivity contribution >= 4 is 27.3 Å². The zero-order valence-electron chi connectivity index (χ0n) is 19.6. The van der Waals surface area contributed by atoms with Crippen LogP contribution in [0.4, 0.5) is 18.9 Å². The Labute approximate surface area is 207 Å². The lowest BCUT2D eigenvalue weighted by Gasteiger charge is -2.36. The molecule has 1 fully saturated rings. The summed E-state index contributed by atoms with van der Waals surface area (Å²) in [7, 11) is -3.43. The molecule has 0 aliphatic carbocycles. The molecule has 2 aromatic rings.